The number of H-pyrrole nitrogens is 1. The fourth-order valence-electron chi connectivity index (χ4n) is 4.12. The van der Waals surface area contributed by atoms with Crippen LogP contribution in [-0.2, 0) is 14.3 Å². The molecule has 0 bridgehead atoms. The Morgan fingerprint density at radius 1 is 1.21 bits per heavy atom. The molecule has 3 rings (SSSR count). The number of methoxy groups -OCH3 is 2. The number of rotatable bonds is 7. The minimum atomic E-state index is -0.810. The number of carbonyl (C=O) groups excluding carboxylic acids is 3. The third-order valence-electron chi connectivity index (χ3n) is 5.80. The Morgan fingerprint density at radius 2 is 1.91 bits per heavy atom. The zero-order valence-corrected chi connectivity index (χ0v) is 19.7. The number of aromatic nitrogens is 1. The molecule has 1 amide bonds. The molecule has 9 nitrogen and oxygen atoms in total. The molecular weight excluding hydrogens is 426 g/mol. The van der Waals surface area contributed by atoms with Crippen LogP contribution in [0.1, 0.15) is 38.9 Å². The highest BCUT2D eigenvalue weighted by atomic mass is 16.5. The number of ketones is 1. The van der Waals surface area contributed by atoms with Gasteiger partial charge in [-0.1, -0.05) is 12.1 Å². The van der Waals surface area contributed by atoms with E-state index in [4.69, 9.17) is 9.47 Å². The molecule has 1 aromatic carbocycles. The second-order valence-corrected chi connectivity index (χ2v) is 8.19. The maximum atomic E-state index is 13.2. The van der Waals surface area contributed by atoms with Crippen molar-refractivity contribution in [2.45, 2.75) is 19.9 Å². The topological polar surface area (TPSA) is 112 Å². The first-order valence-electron chi connectivity index (χ1n) is 10.5. The number of amides is 1. The van der Waals surface area contributed by atoms with Gasteiger partial charge in [0.05, 0.1) is 25.8 Å². The lowest BCUT2D eigenvalue weighted by Crippen LogP contribution is -2.35. The molecular formula is C24H29N3O6. The van der Waals surface area contributed by atoms with Crippen molar-refractivity contribution in [1.82, 2.24) is 14.8 Å². The van der Waals surface area contributed by atoms with Crippen LogP contribution in [0.25, 0.3) is 5.76 Å². The molecule has 9 heteroatoms. The molecule has 176 valence electrons. The summed E-state index contributed by atoms with van der Waals surface area (Å²) in [5, 5.41) is 11.4. The van der Waals surface area contributed by atoms with Crippen molar-refractivity contribution < 1.29 is 29.0 Å². The number of hydrogen-bond acceptors (Lipinski definition) is 7. The first kappa shape index (κ1) is 24.1. The van der Waals surface area contributed by atoms with Crippen molar-refractivity contribution in [3.63, 3.8) is 0 Å². The number of likely N-dealkylation sites (tertiary alicyclic amines) is 1. The quantitative estimate of drug-likeness (QED) is 0.285. The monoisotopic (exact) mass is 455 g/mol. The Bertz CT molecular complexity index is 1130. The van der Waals surface area contributed by atoms with E-state index < -0.39 is 23.7 Å². The summed E-state index contributed by atoms with van der Waals surface area (Å²) in [7, 11) is 6.54. The fraction of sp³-hybridized carbons (Fsp3) is 0.375. The molecule has 2 N–H and O–H groups in total. The van der Waals surface area contributed by atoms with Crippen LogP contribution < -0.4 is 4.74 Å². The van der Waals surface area contributed by atoms with Crippen LogP contribution in [0, 0.1) is 13.8 Å². The molecule has 0 radical (unpaired) electrons. The van der Waals surface area contributed by atoms with Crippen LogP contribution in [0.2, 0.25) is 0 Å². The first-order valence-corrected chi connectivity index (χ1v) is 10.5. The van der Waals surface area contributed by atoms with Crippen molar-refractivity contribution in [2.24, 2.45) is 0 Å². The summed E-state index contributed by atoms with van der Waals surface area (Å²) in [5.74, 6) is -1.84. The predicted molar refractivity (Wildman–Crippen MR) is 122 cm³/mol. The highest BCUT2D eigenvalue weighted by molar-refractivity contribution is 6.46. The number of nitrogens with zero attached hydrogens (tertiary/aromatic N) is 2. The fourth-order valence-corrected chi connectivity index (χ4v) is 4.12. The summed E-state index contributed by atoms with van der Waals surface area (Å²) in [6.07, 6.45) is 0. The number of aromatic amines is 1. The molecule has 1 atom stereocenters. The number of aliphatic hydroxyl groups excluding tert-OH is 1. The standard InChI is InChI=1S/C24H29N3O6/c1-13-17(14(2)25-19(13)24(31)33-6)21(28)18-20(15-8-7-9-16(12-15)32-5)27(11-10-26(3)4)23(30)22(18)29/h7-9,12,20,25,28H,10-11H2,1-6H3/b21-18+/t20-/m1/s1. The molecule has 1 fully saturated rings. The van der Waals surface area contributed by atoms with E-state index in [1.54, 1.807) is 38.1 Å². The van der Waals surface area contributed by atoms with E-state index in [0.29, 0.717) is 34.7 Å². The number of carbonyl (C=O) groups is 3. The number of aryl methyl sites for hydroxylation is 1. The molecule has 1 saturated heterocycles. The summed E-state index contributed by atoms with van der Waals surface area (Å²) < 4.78 is 10.1. The molecule has 0 saturated carbocycles. The number of ether oxygens (including phenoxy) is 2. The van der Waals surface area contributed by atoms with Crippen molar-refractivity contribution in [3.05, 3.63) is 57.9 Å². The van der Waals surface area contributed by atoms with Crippen LogP contribution in [0.15, 0.2) is 29.8 Å². The SMILES string of the molecule is COC(=O)c1[nH]c(C)c(/C(O)=C2\C(=O)C(=O)N(CCN(C)C)[C@@H]2c2cccc(OC)c2)c1C. The average molecular weight is 456 g/mol. The van der Waals surface area contributed by atoms with Gasteiger partial charge in [-0.05, 0) is 51.2 Å². The summed E-state index contributed by atoms with van der Waals surface area (Å²) >= 11 is 0. The summed E-state index contributed by atoms with van der Waals surface area (Å²) in [6.45, 7) is 4.14. The van der Waals surface area contributed by atoms with Gasteiger partial charge in [-0.2, -0.15) is 0 Å². The molecule has 1 aliphatic heterocycles. The van der Waals surface area contributed by atoms with Gasteiger partial charge in [0, 0.05) is 24.3 Å². The highest BCUT2D eigenvalue weighted by Crippen LogP contribution is 2.41. The number of Topliss-reactive ketones (excluding diaryl/α,β-unsaturated/α-hetero) is 1. The Balaban J connectivity index is 2.23. The Labute approximate surface area is 192 Å². The maximum Gasteiger partial charge on any atom is 0.354 e. The molecule has 1 aliphatic rings. The lowest BCUT2D eigenvalue weighted by atomic mass is 9.94. The van der Waals surface area contributed by atoms with Gasteiger partial charge in [-0.25, -0.2) is 4.79 Å². The van der Waals surface area contributed by atoms with Gasteiger partial charge in [0.1, 0.15) is 17.2 Å². The number of nitrogens with one attached hydrogen (secondary N) is 1. The van der Waals surface area contributed by atoms with Crippen molar-refractivity contribution in [2.75, 3.05) is 41.4 Å². The average Bonchev–Trinajstić information content (AvgIpc) is 3.23. The van der Waals surface area contributed by atoms with Crippen molar-refractivity contribution in [1.29, 1.82) is 0 Å². The molecule has 0 unspecified atom stereocenters. The second kappa shape index (κ2) is 9.50. The maximum absolute atomic E-state index is 13.2. The van der Waals surface area contributed by atoms with E-state index in [0.717, 1.165) is 0 Å². The molecule has 2 aromatic rings. The number of benzene rings is 1. The third-order valence-corrected chi connectivity index (χ3v) is 5.80. The van der Waals surface area contributed by atoms with Crippen LogP contribution in [-0.4, -0.2) is 79.0 Å². The molecule has 0 spiro atoms. The van der Waals surface area contributed by atoms with Gasteiger partial charge in [0.25, 0.3) is 11.7 Å². The smallest absolute Gasteiger partial charge is 0.354 e. The molecule has 0 aliphatic carbocycles. The Morgan fingerprint density at radius 3 is 2.52 bits per heavy atom. The minimum absolute atomic E-state index is 0.0337. The van der Waals surface area contributed by atoms with Gasteiger partial charge in [0.15, 0.2) is 0 Å². The first-order chi connectivity index (χ1) is 15.6. The van der Waals surface area contributed by atoms with Crippen molar-refractivity contribution in [3.8, 4) is 5.75 Å². The molecule has 2 heterocycles. The zero-order chi connectivity index (χ0) is 24.4. The predicted octanol–water partition coefficient (Wildman–Crippen LogP) is 2.41. The lowest BCUT2D eigenvalue weighted by Gasteiger charge is -2.26. The van der Waals surface area contributed by atoms with Gasteiger partial charge in [0.2, 0.25) is 0 Å². The van der Waals surface area contributed by atoms with E-state index in [1.807, 2.05) is 19.0 Å². The van der Waals surface area contributed by atoms with Gasteiger partial charge < -0.3 is 29.4 Å². The Kier molecular flexibility index (Phi) is 6.92. The second-order valence-electron chi connectivity index (χ2n) is 8.19. The number of hydrogen-bond donors (Lipinski definition) is 2. The largest absolute Gasteiger partial charge is 0.507 e. The van der Waals surface area contributed by atoms with Gasteiger partial charge >= 0.3 is 5.97 Å². The van der Waals surface area contributed by atoms with E-state index >= 15 is 0 Å². The summed E-state index contributed by atoms with van der Waals surface area (Å²) in [5.41, 5.74) is 1.99. The number of aliphatic hydroxyl groups is 1. The molecule has 33 heavy (non-hydrogen) atoms. The van der Waals surface area contributed by atoms with Crippen LogP contribution in [0.5, 0.6) is 5.75 Å². The van der Waals surface area contributed by atoms with Crippen LogP contribution in [0.3, 0.4) is 0 Å². The summed E-state index contributed by atoms with van der Waals surface area (Å²) in [6, 6.07) is 6.24. The number of esters is 1. The van der Waals surface area contributed by atoms with Crippen molar-refractivity contribution >= 4 is 23.4 Å². The van der Waals surface area contributed by atoms with Crippen LogP contribution >= 0.6 is 0 Å². The van der Waals surface area contributed by atoms with E-state index in [9.17, 15) is 19.5 Å². The highest BCUT2D eigenvalue weighted by Gasteiger charge is 2.46. The third kappa shape index (κ3) is 4.36. The molecule has 1 aromatic heterocycles. The normalized spacial score (nSPS) is 17.7. The zero-order valence-electron chi connectivity index (χ0n) is 19.7. The number of likely N-dealkylation sites (N-methyl/N-ethyl adjacent to an activating group) is 1. The van der Waals surface area contributed by atoms with Crippen LogP contribution in [0.4, 0.5) is 0 Å². The Hall–Kier alpha value is -3.59. The minimum Gasteiger partial charge on any atom is -0.507 e. The van der Waals surface area contributed by atoms with E-state index in [-0.39, 0.29) is 23.6 Å². The van der Waals surface area contributed by atoms with E-state index in [1.165, 1.54) is 19.1 Å². The van der Waals surface area contributed by atoms with E-state index in [2.05, 4.69) is 4.98 Å². The van der Waals surface area contributed by atoms with Gasteiger partial charge in [-0.15, -0.1) is 0 Å². The lowest BCUT2D eigenvalue weighted by molar-refractivity contribution is -0.140. The summed E-state index contributed by atoms with van der Waals surface area (Å²) in [4.78, 5) is 44.6. The van der Waals surface area contributed by atoms with Gasteiger partial charge in [-0.3, -0.25) is 9.59 Å².